The van der Waals surface area contributed by atoms with Crippen LogP contribution >= 0.6 is 0 Å². The molecule has 1 aliphatic rings. The first-order valence-electron chi connectivity index (χ1n) is 23.4. The molecule has 5 atom stereocenters. The number of ether oxygens (including phenoxy) is 2. The van der Waals surface area contributed by atoms with Crippen LogP contribution in [0.1, 0.15) is 147 Å². The molecule has 1 aliphatic heterocycles. The zero-order valence-corrected chi connectivity index (χ0v) is 39.7. The van der Waals surface area contributed by atoms with Gasteiger partial charge in [-0.15, -0.1) is 0 Å². The molecule has 360 valence electrons. The quantitative estimate of drug-likeness (QED) is 0.0727. The fraction of sp³-hybridized carbons (Fsp3) is 0.620. The maximum Gasteiger partial charge on any atom is 0.326 e. The number of aliphatic hydroxyl groups excluding tert-OH is 1. The Bertz CT molecular complexity index is 1920. The number of benzene rings is 2. The van der Waals surface area contributed by atoms with Gasteiger partial charge >= 0.3 is 5.97 Å². The molecule has 0 fully saturated rings. The van der Waals surface area contributed by atoms with Crippen molar-refractivity contribution < 1.29 is 53.2 Å². The van der Waals surface area contributed by atoms with Crippen molar-refractivity contribution in [2.75, 3.05) is 34.9 Å². The first-order chi connectivity index (χ1) is 31.1. The lowest BCUT2D eigenvalue weighted by molar-refractivity contribution is -0.143. The lowest BCUT2D eigenvalue weighted by atomic mass is 9.89. The number of aliphatic hydroxyl groups is 1. The van der Waals surface area contributed by atoms with Gasteiger partial charge in [0.15, 0.2) is 11.6 Å². The van der Waals surface area contributed by atoms with Gasteiger partial charge in [0.25, 0.3) is 0 Å². The van der Waals surface area contributed by atoms with Crippen molar-refractivity contribution in [1.82, 2.24) is 20.4 Å². The minimum Gasteiger partial charge on any atom is -0.496 e. The number of rotatable bonds is 26. The first kappa shape index (κ1) is 54.0. The summed E-state index contributed by atoms with van der Waals surface area (Å²) in [6.07, 6.45) is 14.5. The van der Waals surface area contributed by atoms with E-state index < -0.39 is 71.9 Å². The fourth-order valence-electron chi connectivity index (χ4n) is 8.26. The minimum atomic E-state index is -1.29. The molecule has 3 rings (SSSR count). The Morgan fingerprint density at radius 3 is 1.88 bits per heavy atom. The van der Waals surface area contributed by atoms with Gasteiger partial charge in [0, 0.05) is 63.2 Å². The minimum absolute atomic E-state index is 0.0417. The summed E-state index contributed by atoms with van der Waals surface area (Å²) >= 11 is 0. The van der Waals surface area contributed by atoms with Crippen molar-refractivity contribution in [3.8, 4) is 22.6 Å². The molecule has 0 spiro atoms. The third-order valence-electron chi connectivity index (χ3n) is 12.4. The number of carbonyl (C=O) groups is 7. The van der Waals surface area contributed by atoms with Crippen LogP contribution in [0.25, 0.3) is 11.1 Å². The molecule has 15 nitrogen and oxygen atoms in total. The van der Waals surface area contributed by atoms with E-state index >= 15 is 0 Å². The Morgan fingerprint density at radius 2 is 1.32 bits per heavy atom. The Morgan fingerprint density at radius 1 is 0.769 bits per heavy atom. The molecule has 0 radical (unpaired) electrons. The zero-order valence-electron chi connectivity index (χ0n) is 39.7. The third-order valence-corrected chi connectivity index (χ3v) is 12.4. The van der Waals surface area contributed by atoms with Gasteiger partial charge in [-0.2, -0.15) is 0 Å². The Labute approximate surface area is 385 Å². The molecule has 65 heavy (non-hydrogen) atoms. The summed E-state index contributed by atoms with van der Waals surface area (Å²) < 4.78 is 11.3. The summed E-state index contributed by atoms with van der Waals surface area (Å²) in [5.41, 5.74) is 2.03. The number of hydrogen-bond acceptors (Lipinski definition) is 10. The average molecular weight is 907 g/mol. The maximum atomic E-state index is 14.2. The standard InChI is InChI=1S/C50H74N4O11/c1-8-9-10-11-12-13-14-15-16-17-18-19-20-21-45(58)53(4)40(32-55)49(61)51-34(3)41(56)24-27-46(59)54(5)47-36-23-26-44(65-7)38(31-36)37-29-35(22-25-43(37)64-6)30-39(50(62)63)52-48(60)33(2)28-42(47)57/h22-23,25-26,29,31,33-34,39-40,47,55H,8-21,24,27-28,30,32H2,1-7H3,(H,51,61)(H,52,60)(H,62,63)/t33-,34-,39+,40-,47+/m1/s1. The Kier molecular flexibility index (Phi) is 23.2. The van der Waals surface area contributed by atoms with Crippen LogP contribution < -0.4 is 20.1 Å². The fourth-order valence-corrected chi connectivity index (χ4v) is 8.26. The lowest BCUT2D eigenvalue weighted by Gasteiger charge is -2.30. The van der Waals surface area contributed by atoms with Gasteiger partial charge in [-0.1, -0.05) is 103 Å². The normalized spacial score (nSPS) is 17.2. The van der Waals surface area contributed by atoms with E-state index in [1.54, 1.807) is 36.4 Å². The van der Waals surface area contributed by atoms with Gasteiger partial charge in [0.2, 0.25) is 23.6 Å². The first-order valence-corrected chi connectivity index (χ1v) is 23.4. The van der Waals surface area contributed by atoms with Crippen molar-refractivity contribution in [2.24, 2.45) is 5.92 Å². The second kappa shape index (κ2) is 27.9. The predicted octanol–water partition coefficient (Wildman–Crippen LogP) is 6.75. The summed E-state index contributed by atoms with van der Waals surface area (Å²) in [5.74, 6) is -4.52. The molecule has 4 bridgehead atoms. The van der Waals surface area contributed by atoms with Crippen LogP contribution in [0.5, 0.6) is 11.5 Å². The largest absolute Gasteiger partial charge is 0.496 e. The van der Waals surface area contributed by atoms with Crippen molar-refractivity contribution in [3.05, 3.63) is 47.5 Å². The van der Waals surface area contributed by atoms with E-state index in [0.29, 0.717) is 40.2 Å². The van der Waals surface area contributed by atoms with Crippen LogP contribution in [0.4, 0.5) is 0 Å². The summed E-state index contributed by atoms with van der Waals surface area (Å²) in [6.45, 7) is 4.55. The van der Waals surface area contributed by atoms with Crippen molar-refractivity contribution in [2.45, 2.75) is 161 Å². The number of hydrogen-bond donors (Lipinski definition) is 4. The van der Waals surface area contributed by atoms with Gasteiger partial charge in [-0.3, -0.25) is 28.8 Å². The van der Waals surface area contributed by atoms with Crippen molar-refractivity contribution in [3.63, 3.8) is 0 Å². The van der Waals surface area contributed by atoms with Gasteiger partial charge in [0.05, 0.1) is 26.9 Å². The molecule has 2 aromatic rings. The molecular formula is C50H74N4O11. The summed E-state index contributed by atoms with van der Waals surface area (Å²) in [4.78, 5) is 95.5. The molecule has 0 aliphatic carbocycles. The number of Topliss-reactive ketones (excluding diaryl/α,β-unsaturated/α-hetero) is 2. The lowest BCUT2D eigenvalue weighted by Crippen LogP contribution is -2.53. The number of carboxylic acids is 1. The number of nitrogens with zero attached hydrogens (tertiary/aromatic N) is 2. The summed E-state index contributed by atoms with van der Waals surface area (Å²) in [7, 11) is 5.84. The predicted molar refractivity (Wildman–Crippen MR) is 248 cm³/mol. The summed E-state index contributed by atoms with van der Waals surface area (Å²) in [5, 5.41) is 25.2. The van der Waals surface area contributed by atoms with E-state index in [0.717, 1.165) is 19.3 Å². The number of aliphatic carboxylic acids is 1. The van der Waals surface area contributed by atoms with Crippen molar-refractivity contribution >= 4 is 41.2 Å². The van der Waals surface area contributed by atoms with Crippen molar-refractivity contribution in [1.29, 1.82) is 0 Å². The van der Waals surface area contributed by atoms with E-state index in [4.69, 9.17) is 9.47 Å². The third kappa shape index (κ3) is 16.6. The van der Waals surface area contributed by atoms with Gasteiger partial charge < -0.3 is 40.1 Å². The van der Waals surface area contributed by atoms with Gasteiger partial charge in [0.1, 0.15) is 29.6 Å². The Balaban J connectivity index is 1.64. The molecule has 0 unspecified atom stereocenters. The van der Waals surface area contributed by atoms with E-state index in [2.05, 4.69) is 17.6 Å². The number of methoxy groups -OCH3 is 2. The number of carboxylic acid groups (broad SMARTS) is 1. The number of fused-ring (bicyclic) bond motifs is 5. The molecule has 0 aromatic heterocycles. The van der Waals surface area contributed by atoms with Crippen LogP contribution in [0.2, 0.25) is 0 Å². The zero-order chi connectivity index (χ0) is 48.1. The van der Waals surface area contributed by atoms with E-state index in [1.807, 2.05) is 0 Å². The van der Waals surface area contributed by atoms with Crippen LogP contribution in [-0.4, -0.2) is 114 Å². The SMILES string of the molecule is CCCCCCCCCCCCCCCC(=O)N(C)[C@H](CO)C(=O)N[C@H](C)C(=O)CCC(=O)N(C)[C@@H]1C(=O)C[C@@H](C)C(=O)N[C@H](C(=O)O)Cc2ccc(OC)c(c2)-c2cc1ccc2OC. The molecule has 15 heteroatoms. The molecule has 0 saturated heterocycles. The molecular weight excluding hydrogens is 833 g/mol. The smallest absolute Gasteiger partial charge is 0.326 e. The average Bonchev–Trinajstić information content (AvgIpc) is 3.28. The number of likely N-dealkylation sites (N-methyl/N-ethyl adjacent to an activating group) is 2. The van der Waals surface area contributed by atoms with Crippen LogP contribution in [0.3, 0.4) is 0 Å². The van der Waals surface area contributed by atoms with E-state index in [-0.39, 0.29) is 38.0 Å². The molecule has 4 amide bonds. The molecule has 0 saturated carbocycles. The van der Waals surface area contributed by atoms with Gasteiger partial charge in [-0.05, 0) is 48.7 Å². The number of ketones is 2. The maximum absolute atomic E-state index is 14.2. The number of carbonyl (C=O) groups excluding carboxylic acids is 6. The highest BCUT2D eigenvalue weighted by atomic mass is 16.5. The summed E-state index contributed by atoms with van der Waals surface area (Å²) in [6, 6.07) is 5.32. The monoisotopic (exact) mass is 907 g/mol. The number of unbranched alkanes of at least 4 members (excludes halogenated alkanes) is 12. The van der Waals surface area contributed by atoms with E-state index in [9.17, 15) is 43.8 Å². The number of nitrogens with one attached hydrogen (secondary N) is 2. The second-order valence-corrected chi connectivity index (χ2v) is 17.5. The topological polar surface area (TPSA) is 209 Å². The molecule has 1 heterocycles. The van der Waals surface area contributed by atoms with E-state index in [1.165, 1.54) is 110 Å². The van der Waals surface area contributed by atoms with Crippen LogP contribution in [-0.2, 0) is 40.0 Å². The Hall–Kier alpha value is -5.31. The van der Waals surface area contributed by atoms with Crippen LogP contribution in [0, 0.1) is 5.92 Å². The van der Waals surface area contributed by atoms with Crippen LogP contribution in [0.15, 0.2) is 36.4 Å². The second-order valence-electron chi connectivity index (χ2n) is 17.5. The molecule has 4 N–H and O–H groups in total. The highest BCUT2D eigenvalue weighted by molar-refractivity contribution is 5.96. The highest BCUT2D eigenvalue weighted by Gasteiger charge is 2.34. The molecule has 2 aromatic carbocycles. The van der Waals surface area contributed by atoms with Gasteiger partial charge in [-0.25, -0.2) is 4.79 Å². The highest BCUT2D eigenvalue weighted by Crippen LogP contribution is 2.40. The number of amides is 4.